The fraction of sp³-hybridized carbons (Fsp3) is 0.481. The molecule has 3 aliphatic heterocycles. The zero-order valence-corrected chi connectivity index (χ0v) is 21.2. The van der Waals surface area contributed by atoms with E-state index >= 15 is 0 Å². The normalized spacial score (nSPS) is 18.8. The van der Waals surface area contributed by atoms with Crippen molar-refractivity contribution in [2.75, 3.05) is 37.6 Å². The van der Waals surface area contributed by atoms with Crippen molar-refractivity contribution in [3.05, 3.63) is 47.4 Å². The molecule has 0 radical (unpaired) electrons. The number of hydrogen-bond donors (Lipinski definition) is 2. The number of likely N-dealkylation sites (tertiary alicyclic amines) is 1. The minimum absolute atomic E-state index is 0.130. The molecule has 2 amide bonds. The quantitative estimate of drug-likeness (QED) is 0.382. The number of fused-ring (bicyclic) bond motifs is 1. The molecule has 3 aliphatic rings. The van der Waals surface area contributed by atoms with E-state index in [-0.39, 0.29) is 11.9 Å². The molecule has 190 valence electrons. The lowest BCUT2D eigenvalue weighted by atomic mass is 9.95. The molecule has 1 fully saturated rings. The molecule has 1 aromatic carbocycles. The summed E-state index contributed by atoms with van der Waals surface area (Å²) in [5.74, 6) is 0.602. The van der Waals surface area contributed by atoms with Crippen molar-refractivity contribution in [3.63, 3.8) is 0 Å². The second kappa shape index (κ2) is 10.2. The Bertz CT molecular complexity index is 1190. The maximum atomic E-state index is 11.7. The van der Waals surface area contributed by atoms with E-state index in [0.717, 1.165) is 79.8 Å². The number of nitrogens with zero attached hydrogens (tertiary/aromatic N) is 5. The van der Waals surface area contributed by atoms with Crippen LogP contribution >= 0.6 is 0 Å². The Morgan fingerprint density at radius 2 is 1.94 bits per heavy atom. The number of carbonyl (C=O) groups is 2. The first-order valence-electron chi connectivity index (χ1n) is 12.8. The van der Waals surface area contributed by atoms with Crippen LogP contribution in [0.1, 0.15) is 38.2 Å². The minimum Gasteiger partial charge on any atom is -0.385 e. The first-order valence-corrected chi connectivity index (χ1v) is 12.8. The average molecular weight is 490 g/mol. The molecule has 0 saturated carbocycles. The number of piperidine rings is 1. The number of aryl methyl sites for hydroxylation is 2. The van der Waals surface area contributed by atoms with Gasteiger partial charge in [-0.25, -0.2) is 0 Å². The van der Waals surface area contributed by atoms with Gasteiger partial charge in [0, 0.05) is 81.3 Å². The lowest BCUT2D eigenvalue weighted by molar-refractivity contribution is -0.129. The summed E-state index contributed by atoms with van der Waals surface area (Å²) in [5, 5.41) is 17.3. The van der Waals surface area contributed by atoms with Crippen molar-refractivity contribution < 1.29 is 9.59 Å². The molecular formula is C27H35N7O2. The first-order chi connectivity index (χ1) is 17.4. The van der Waals surface area contributed by atoms with Gasteiger partial charge in [0.25, 0.3) is 0 Å². The zero-order valence-electron chi connectivity index (χ0n) is 21.2. The highest BCUT2D eigenvalue weighted by Crippen LogP contribution is 2.33. The summed E-state index contributed by atoms with van der Waals surface area (Å²) in [6, 6.07) is 6.73. The fourth-order valence-corrected chi connectivity index (χ4v) is 5.58. The standard InChI is InChI=1S/C27H35N7O2/c1-19(36)33-12-7-23(8-13-33)30-25-9-11-32(18-35)17-24(25)27(28)34-10-3-4-21-14-20(5-6-26(21)34)22-15-29-31(2)16-22/h5-6,14-16,18,23,28,30H,3-4,7-13,17H2,1-2H3. The molecule has 1 saturated heterocycles. The number of carbonyl (C=O) groups excluding carboxylic acids is 2. The van der Waals surface area contributed by atoms with Gasteiger partial charge in [0.1, 0.15) is 5.84 Å². The average Bonchev–Trinajstić information content (AvgIpc) is 3.34. The molecule has 0 bridgehead atoms. The molecule has 2 N–H and O–H groups in total. The Balaban J connectivity index is 1.39. The largest absolute Gasteiger partial charge is 0.385 e. The molecule has 0 atom stereocenters. The van der Waals surface area contributed by atoms with Crippen LogP contribution in [0, 0.1) is 5.41 Å². The third-order valence-electron chi connectivity index (χ3n) is 7.63. The number of hydrogen-bond acceptors (Lipinski definition) is 5. The molecule has 0 aliphatic carbocycles. The van der Waals surface area contributed by atoms with Crippen LogP contribution < -0.4 is 10.2 Å². The SMILES string of the molecule is CC(=O)N1CCC(NC2=C(C(=N)N3CCCc4cc(-c5cnn(C)c5)ccc43)CN(C=O)CC2)CC1. The molecule has 9 heteroatoms. The van der Waals surface area contributed by atoms with E-state index < -0.39 is 0 Å². The van der Waals surface area contributed by atoms with E-state index in [2.05, 4.69) is 33.5 Å². The summed E-state index contributed by atoms with van der Waals surface area (Å²) in [6.45, 7) is 5.02. The number of rotatable bonds is 5. The van der Waals surface area contributed by atoms with Crippen molar-refractivity contribution in [2.45, 2.75) is 45.1 Å². The Morgan fingerprint density at radius 3 is 2.64 bits per heavy atom. The topological polar surface area (TPSA) is 97.6 Å². The summed E-state index contributed by atoms with van der Waals surface area (Å²) >= 11 is 0. The predicted octanol–water partition coefficient (Wildman–Crippen LogP) is 2.53. The second-order valence-corrected chi connectivity index (χ2v) is 10.1. The van der Waals surface area contributed by atoms with Crippen LogP contribution in [-0.2, 0) is 23.1 Å². The third-order valence-corrected chi connectivity index (χ3v) is 7.63. The highest BCUT2D eigenvalue weighted by molar-refractivity contribution is 6.09. The first kappa shape index (κ1) is 24.1. The molecule has 0 spiro atoms. The Morgan fingerprint density at radius 1 is 1.14 bits per heavy atom. The van der Waals surface area contributed by atoms with Crippen molar-refractivity contribution in [1.82, 2.24) is 24.9 Å². The lowest BCUT2D eigenvalue weighted by Gasteiger charge is -2.38. The predicted molar refractivity (Wildman–Crippen MR) is 140 cm³/mol. The van der Waals surface area contributed by atoms with Gasteiger partial charge in [-0.1, -0.05) is 6.07 Å². The van der Waals surface area contributed by atoms with Crippen LogP contribution in [0.15, 0.2) is 41.9 Å². The molecular weight excluding hydrogens is 454 g/mol. The van der Waals surface area contributed by atoms with E-state index in [9.17, 15) is 15.0 Å². The molecule has 0 unspecified atom stereocenters. The molecule has 2 aromatic rings. The number of anilines is 1. The van der Waals surface area contributed by atoms with E-state index in [4.69, 9.17) is 0 Å². The highest BCUT2D eigenvalue weighted by Gasteiger charge is 2.30. The highest BCUT2D eigenvalue weighted by atomic mass is 16.2. The summed E-state index contributed by atoms with van der Waals surface area (Å²) in [6.07, 6.45) is 9.24. The summed E-state index contributed by atoms with van der Waals surface area (Å²) in [4.78, 5) is 29.1. The summed E-state index contributed by atoms with van der Waals surface area (Å²) in [5.41, 5.74) is 6.50. The van der Waals surface area contributed by atoms with Crippen molar-refractivity contribution in [3.8, 4) is 11.1 Å². The van der Waals surface area contributed by atoms with Crippen LogP contribution in [0.2, 0.25) is 0 Å². The monoisotopic (exact) mass is 489 g/mol. The van der Waals surface area contributed by atoms with Gasteiger partial charge in [0.2, 0.25) is 12.3 Å². The maximum absolute atomic E-state index is 11.7. The van der Waals surface area contributed by atoms with Crippen LogP contribution in [-0.4, -0.2) is 76.5 Å². The number of amidine groups is 1. The van der Waals surface area contributed by atoms with E-state index in [0.29, 0.717) is 25.3 Å². The van der Waals surface area contributed by atoms with Gasteiger partial charge in [-0.15, -0.1) is 0 Å². The van der Waals surface area contributed by atoms with Gasteiger partial charge >= 0.3 is 0 Å². The van der Waals surface area contributed by atoms with Gasteiger partial charge in [0.15, 0.2) is 0 Å². The van der Waals surface area contributed by atoms with Gasteiger partial charge < -0.3 is 20.0 Å². The van der Waals surface area contributed by atoms with Gasteiger partial charge in [-0.2, -0.15) is 5.10 Å². The van der Waals surface area contributed by atoms with Crippen LogP contribution in [0.5, 0.6) is 0 Å². The molecule has 4 heterocycles. The Hall–Kier alpha value is -3.62. The van der Waals surface area contributed by atoms with E-state index in [1.165, 1.54) is 5.56 Å². The minimum atomic E-state index is 0.130. The summed E-state index contributed by atoms with van der Waals surface area (Å²) in [7, 11) is 1.92. The lowest BCUT2D eigenvalue weighted by Crippen LogP contribution is -2.47. The third kappa shape index (κ3) is 4.87. The number of benzene rings is 1. The second-order valence-electron chi connectivity index (χ2n) is 10.1. The van der Waals surface area contributed by atoms with Crippen LogP contribution in [0.4, 0.5) is 5.69 Å². The molecule has 1 aromatic heterocycles. The van der Waals surface area contributed by atoms with Crippen molar-refractivity contribution >= 4 is 23.8 Å². The molecule has 9 nitrogen and oxygen atoms in total. The number of nitrogens with one attached hydrogen (secondary N) is 2. The molecule has 5 rings (SSSR count). The van der Waals surface area contributed by atoms with Gasteiger partial charge in [0.05, 0.1) is 12.7 Å². The molecule has 36 heavy (non-hydrogen) atoms. The van der Waals surface area contributed by atoms with Crippen molar-refractivity contribution in [1.29, 1.82) is 5.41 Å². The fourth-order valence-electron chi connectivity index (χ4n) is 5.58. The van der Waals surface area contributed by atoms with E-state index in [1.807, 2.05) is 29.0 Å². The Kier molecular flexibility index (Phi) is 6.80. The number of amides is 2. The van der Waals surface area contributed by atoms with Gasteiger partial charge in [-0.3, -0.25) is 19.7 Å². The van der Waals surface area contributed by atoms with Crippen molar-refractivity contribution in [2.24, 2.45) is 7.05 Å². The number of aromatic nitrogens is 2. The Labute approximate surface area is 212 Å². The van der Waals surface area contributed by atoms with Crippen LogP contribution in [0.3, 0.4) is 0 Å². The van der Waals surface area contributed by atoms with Gasteiger partial charge in [-0.05, 0) is 48.9 Å². The maximum Gasteiger partial charge on any atom is 0.219 e. The van der Waals surface area contributed by atoms with E-state index in [1.54, 1.807) is 11.8 Å². The zero-order chi connectivity index (χ0) is 25.2. The van der Waals surface area contributed by atoms with Crippen LogP contribution in [0.25, 0.3) is 11.1 Å². The summed E-state index contributed by atoms with van der Waals surface area (Å²) < 4.78 is 1.81. The smallest absolute Gasteiger partial charge is 0.219 e.